The van der Waals surface area contributed by atoms with E-state index >= 15 is 0 Å². The number of fused-ring (bicyclic) bond motifs is 2. The number of nitrogens with one attached hydrogen (secondary N) is 1. The summed E-state index contributed by atoms with van der Waals surface area (Å²) in [6, 6.07) is 5.15. The molecule has 2 amide bonds. The first-order chi connectivity index (χ1) is 13.0. The van der Waals surface area contributed by atoms with Gasteiger partial charge in [0.2, 0.25) is 5.91 Å². The van der Waals surface area contributed by atoms with Gasteiger partial charge < -0.3 is 11.1 Å². The molecule has 27 heavy (non-hydrogen) atoms. The van der Waals surface area contributed by atoms with Crippen LogP contribution in [-0.2, 0) is 17.8 Å². The average molecular weight is 369 g/mol. The third-order valence-corrected chi connectivity index (χ3v) is 5.38. The van der Waals surface area contributed by atoms with Gasteiger partial charge in [-0.1, -0.05) is 0 Å². The van der Waals surface area contributed by atoms with Gasteiger partial charge in [-0.3, -0.25) is 23.9 Å². The number of primary amides is 1. The number of hydrogen-bond donors (Lipinski definition) is 2. The van der Waals surface area contributed by atoms with Gasteiger partial charge in [-0.2, -0.15) is 0 Å². The summed E-state index contributed by atoms with van der Waals surface area (Å²) in [4.78, 5) is 42.7. The Labute approximate surface area is 156 Å². The standard InChI is InChI=1S/C19H23N5O3/c20-16(25)11-23-8-5-13(6-9-23)21-18(26)12-3-4-14-15(10-12)22-17-2-1-7-24(17)19(14)27/h3-4,10,13H,1-2,5-9,11H2,(H2,20,25)(H,21,26). The number of hydrogen-bond acceptors (Lipinski definition) is 5. The first-order valence-corrected chi connectivity index (χ1v) is 9.36. The molecule has 0 saturated carbocycles. The van der Waals surface area contributed by atoms with Crippen molar-refractivity contribution in [1.82, 2.24) is 19.8 Å². The van der Waals surface area contributed by atoms with Gasteiger partial charge in [0.05, 0.1) is 17.4 Å². The quantitative estimate of drug-likeness (QED) is 0.790. The number of carbonyl (C=O) groups is 2. The maximum absolute atomic E-state index is 12.6. The largest absolute Gasteiger partial charge is 0.369 e. The van der Waals surface area contributed by atoms with Crippen LogP contribution in [0, 0.1) is 0 Å². The molecular formula is C19H23N5O3. The van der Waals surface area contributed by atoms with Crippen molar-refractivity contribution in [1.29, 1.82) is 0 Å². The van der Waals surface area contributed by atoms with Crippen LogP contribution in [0.4, 0.5) is 0 Å². The zero-order chi connectivity index (χ0) is 19.0. The highest BCUT2D eigenvalue weighted by Crippen LogP contribution is 2.17. The normalized spacial score (nSPS) is 17.8. The van der Waals surface area contributed by atoms with Crippen LogP contribution in [0.2, 0.25) is 0 Å². The van der Waals surface area contributed by atoms with Crippen molar-refractivity contribution < 1.29 is 9.59 Å². The lowest BCUT2D eigenvalue weighted by molar-refractivity contribution is -0.119. The average Bonchev–Trinajstić information content (AvgIpc) is 3.11. The molecule has 0 radical (unpaired) electrons. The van der Waals surface area contributed by atoms with E-state index in [4.69, 9.17) is 5.73 Å². The van der Waals surface area contributed by atoms with Crippen LogP contribution in [0.5, 0.6) is 0 Å². The summed E-state index contributed by atoms with van der Waals surface area (Å²) in [5.74, 6) is 0.308. The van der Waals surface area contributed by atoms with Gasteiger partial charge in [-0.05, 0) is 37.5 Å². The van der Waals surface area contributed by atoms with Crippen molar-refractivity contribution in [3.63, 3.8) is 0 Å². The fourth-order valence-corrected chi connectivity index (χ4v) is 3.95. The molecule has 0 aliphatic carbocycles. The highest BCUT2D eigenvalue weighted by molar-refractivity contribution is 5.97. The zero-order valence-electron chi connectivity index (χ0n) is 15.1. The number of aromatic nitrogens is 2. The molecule has 8 nitrogen and oxygen atoms in total. The van der Waals surface area contributed by atoms with Crippen LogP contribution < -0.4 is 16.6 Å². The lowest BCUT2D eigenvalue weighted by Crippen LogP contribution is -2.46. The second-order valence-electron chi connectivity index (χ2n) is 7.31. The van der Waals surface area contributed by atoms with E-state index in [1.54, 1.807) is 22.8 Å². The molecular weight excluding hydrogens is 346 g/mol. The molecule has 1 saturated heterocycles. The summed E-state index contributed by atoms with van der Waals surface area (Å²) in [6.07, 6.45) is 3.28. The van der Waals surface area contributed by atoms with E-state index in [-0.39, 0.29) is 30.0 Å². The number of piperidine rings is 1. The van der Waals surface area contributed by atoms with Gasteiger partial charge in [0.15, 0.2) is 0 Å². The van der Waals surface area contributed by atoms with Crippen molar-refractivity contribution in [3.05, 3.63) is 39.9 Å². The Balaban J connectivity index is 1.46. The highest BCUT2D eigenvalue weighted by atomic mass is 16.2. The summed E-state index contributed by atoms with van der Waals surface area (Å²) in [5, 5.41) is 3.60. The Kier molecular flexibility index (Phi) is 4.65. The molecule has 0 atom stereocenters. The maximum Gasteiger partial charge on any atom is 0.261 e. The SMILES string of the molecule is NC(=O)CN1CCC(NC(=O)c2ccc3c(=O)n4c(nc3c2)CCC4)CC1. The number of benzene rings is 1. The van der Waals surface area contributed by atoms with Gasteiger partial charge in [-0.25, -0.2) is 4.98 Å². The minimum Gasteiger partial charge on any atom is -0.369 e. The number of aryl methyl sites for hydroxylation is 1. The number of rotatable bonds is 4. The molecule has 3 heterocycles. The van der Waals surface area contributed by atoms with E-state index in [9.17, 15) is 14.4 Å². The molecule has 0 bridgehead atoms. The lowest BCUT2D eigenvalue weighted by atomic mass is 10.0. The van der Waals surface area contributed by atoms with Crippen LogP contribution in [0.1, 0.15) is 35.4 Å². The Hall–Kier alpha value is -2.74. The minimum absolute atomic E-state index is 0.0266. The number of nitrogens with two attached hydrogens (primary N) is 1. The monoisotopic (exact) mass is 369 g/mol. The first kappa shape index (κ1) is 17.7. The smallest absolute Gasteiger partial charge is 0.261 e. The molecule has 1 fully saturated rings. The second-order valence-corrected chi connectivity index (χ2v) is 7.31. The second kappa shape index (κ2) is 7.11. The van der Waals surface area contributed by atoms with Crippen LogP contribution in [-0.4, -0.2) is 51.9 Å². The van der Waals surface area contributed by atoms with Gasteiger partial charge in [0, 0.05) is 37.7 Å². The first-order valence-electron chi connectivity index (χ1n) is 9.36. The molecule has 4 rings (SSSR count). The van der Waals surface area contributed by atoms with Gasteiger partial charge in [-0.15, -0.1) is 0 Å². The molecule has 1 aromatic carbocycles. The lowest BCUT2D eigenvalue weighted by Gasteiger charge is -2.31. The fourth-order valence-electron chi connectivity index (χ4n) is 3.95. The molecule has 142 valence electrons. The maximum atomic E-state index is 12.6. The van der Waals surface area contributed by atoms with Crippen molar-refractivity contribution in [3.8, 4) is 0 Å². The van der Waals surface area contributed by atoms with Crippen molar-refractivity contribution in [2.24, 2.45) is 5.73 Å². The van der Waals surface area contributed by atoms with Crippen molar-refractivity contribution >= 4 is 22.7 Å². The predicted molar refractivity (Wildman–Crippen MR) is 100 cm³/mol. The van der Waals surface area contributed by atoms with Crippen LogP contribution in [0.3, 0.4) is 0 Å². The number of amides is 2. The van der Waals surface area contributed by atoms with Crippen LogP contribution in [0.25, 0.3) is 10.9 Å². The molecule has 1 aromatic heterocycles. The van der Waals surface area contributed by atoms with Gasteiger partial charge in [0.1, 0.15) is 5.82 Å². The zero-order valence-corrected chi connectivity index (χ0v) is 15.1. The summed E-state index contributed by atoms with van der Waals surface area (Å²) < 4.78 is 1.72. The van der Waals surface area contributed by atoms with E-state index in [1.807, 2.05) is 4.90 Å². The molecule has 0 spiro atoms. The van der Waals surface area contributed by atoms with E-state index in [0.29, 0.717) is 23.0 Å². The van der Waals surface area contributed by atoms with E-state index in [1.165, 1.54) is 0 Å². The highest BCUT2D eigenvalue weighted by Gasteiger charge is 2.22. The topological polar surface area (TPSA) is 110 Å². The fraction of sp³-hybridized carbons (Fsp3) is 0.474. The van der Waals surface area contributed by atoms with Crippen LogP contribution >= 0.6 is 0 Å². The Morgan fingerprint density at radius 1 is 1.22 bits per heavy atom. The minimum atomic E-state index is -0.330. The molecule has 2 aliphatic rings. The van der Waals surface area contributed by atoms with Gasteiger partial charge >= 0.3 is 0 Å². The Morgan fingerprint density at radius 3 is 2.74 bits per heavy atom. The Morgan fingerprint density at radius 2 is 2.00 bits per heavy atom. The van der Waals surface area contributed by atoms with E-state index in [0.717, 1.165) is 44.6 Å². The molecule has 2 aliphatic heterocycles. The summed E-state index contributed by atoms with van der Waals surface area (Å²) in [5.41, 5.74) is 6.29. The molecule has 0 unspecified atom stereocenters. The van der Waals surface area contributed by atoms with Crippen molar-refractivity contribution in [2.75, 3.05) is 19.6 Å². The van der Waals surface area contributed by atoms with Crippen molar-refractivity contribution in [2.45, 2.75) is 38.3 Å². The summed E-state index contributed by atoms with van der Waals surface area (Å²) in [7, 11) is 0. The van der Waals surface area contributed by atoms with Gasteiger partial charge in [0.25, 0.3) is 11.5 Å². The number of carbonyl (C=O) groups excluding carboxylic acids is 2. The molecule has 2 aromatic rings. The number of nitrogens with zero attached hydrogens (tertiary/aromatic N) is 3. The predicted octanol–water partition coefficient (Wildman–Crippen LogP) is 0.0222. The number of likely N-dealkylation sites (tertiary alicyclic amines) is 1. The third-order valence-electron chi connectivity index (χ3n) is 5.38. The molecule has 3 N–H and O–H groups in total. The Bertz CT molecular complexity index is 960. The van der Waals surface area contributed by atoms with E-state index in [2.05, 4.69) is 10.3 Å². The third kappa shape index (κ3) is 3.57. The summed E-state index contributed by atoms with van der Waals surface area (Å²) >= 11 is 0. The summed E-state index contributed by atoms with van der Waals surface area (Å²) in [6.45, 7) is 2.44. The molecule has 8 heteroatoms. The van der Waals surface area contributed by atoms with E-state index < -0.39 is 0 Å². The van der Waals surface area contributed by atoms with Crippen LogP contribution in [0.15, 0.2) is 23.0 Å².